The van der Waals surface area contributed by atoms with Gasteiger partial charge >= 0.3 is 0 Å². The van der Waals surface area contributed by atoms with Gasteiger partial charge in [0, 0.05) is 5.41 Å². The third kappa shape index (κ3) is 15.2. The van der Waals surface area contributed by atoms with E-state index in [1.165, 1.54) is 274 Å². The first-order chi connectivity index (χ1) is 70.7. The molecule has 0 unspecified atom stereocenters. The van der Waals surface area contributed by atoms with E-state index in [9.17, 15) is 0 Å². The predicted octanol–water partition coefficient (Wildman–Crippen LogP) is 40.1. The van der Waals surface area contributed by atoms with E-state index < -0.39 is 0 Å². The molecule has 1 aliphatic rings. The molecule has 0 aliphatic heterocycles. The summed E-state index contributed by atoms with van der Waals surface area (Å²) in [7, 11) is 0. The molecule has 0 heteroatoms. The number of fused-ring (bicyclic) bond motifs is 14. The second-order valence-electron chi connectivity index (χ2n) is 38.6. The molecule has 1 aliphatic carbocycles. The van der Waals surface area contributed by atoms with Crippen LogP contribution in [0.4, 0.5) is 0 Å². The molecule has 0 saturated heterocycles. The summed E-state index contributed by atoms with van der Waals surface area (Å²) in [5.41, 5.74) is 35.4. The van der Waals surface area contributed by atoms with Crippen molar-refractivity contribution in [1.82, 2.24) is 0 Å². The fraction of sp³-hybridized carbons (Fsp3) is 0.0210. The Morgan fingerprint density at radius 2 is 0.343 bits per heavy atom. The Labute approximate surface area is 833 Å². The van der Waals surface area contributed by atoms with Crippen LogP contribution in [-0.4, -0.2) is 0 Å². The molecule has 0 aromatic heterocycles. The van der Waals surface area contributed by atoms with Gasteiger partial charge in [-0.15, -0.1) is 0 Å². The average Bonchev–Trinajstić information content (AvgIpc) is 1.69. The van der Waals surface area contributed by atoms with Crippen molar-refractivity contribution in [3.8, 4) is 145 Å². The molecule has 27 aromatic carbocycles. The van der Waals surface area contributed by atoms with Crippen LogP contribution in [0.1, 0.15) is 25.0 Å². The smallest absolute Gasteiger partial charge is 0.0159 e. The lowest BCUT2D eigenvalue weighted by Crippen LogP contribution is -2.14. The topological polar surface area (TPSA) is 0 Å². The summed E-state index contributed by atoms with van der Waals surface area (Å²) in [6.07, 6.45) is 0. The molecular weight excluding hydrogens is 1720 g/mol. The Balaban J connectivity index is 0.000000110. The molecule has 0 bridgehead atoms. The number of rotatable bonds is 12. The van der Waals surface area contributed by atoms with E-state index in [1.54, 1.807) is 0 Å². The molecule has 0 radical (unpaired) electrons. The van der Waals surface area contributed by atoms with Crippen LogP contribution in [0.5, 0.6) is 0 Å². The largest absolute Gasteiger partial charge is 0.0622 e. The van der Waals surface area contributed by atoms with E-state index in [-0.39, 0.29) is 5.41 Å². The molecule has 0 amide bonds. The predicted molar refractivity (Wildman–Crippen MR) is 615 cm³/mol. The second-order valence-corrected chi connectivity index (χ2v) is 38.6. The Hall–Kier alpha value is -18.2. The quantitative estimate of drug-likeness (QED) is 0.107. The van der Waals surface area contributed by atoms with Crippen LogP contribution in [-0.2, 0) is 5.41 Å². The zero-order valence-electron chi connectivity index (χ0n) is 79.5. The fourth-order valence-corrected chi connectivity index (χ4v) is 23.3. The van der Waals surface area contributed by atoms with Crippen molar-refractivity contribution in [3.63, 3.8) is 0 Å². The van der Waals surface area contributed by atoms with Crippen LogP contribution in [0.25, 0.3) is 263 Å². The van der Waals surface area contributed by atoms with Gasteiger partial charge in [-0.3, -0.25) is 0 Å². The van der Waals surface area contributed by atoms with Gasteiger partial charge in [0.05, 0.1) is 0 Å². The molecule has 0 nitrogen and oxygen atoms in total. The molecule has 28 rings (SSSR count). The Kier molecular flexibility index (Phi) is 21.4. The highest BCUT2D eigenvalue weighted by Crippen LogP contribution is 2.55. The standard InChI is InChI=1S/C51H36.2C46H30/c1-51(2)47-22-11-10-18-41(47)42-29-28-38(32-48(42)51)50-44-20-9-8-19-43(44)49(36-14-4-3-5-15-36)46-31-37(27-30-45(46)50)33-23-25-35(26-24-33)40-21-12-16-34-13-6-7-17-39(34)40;1-2-14-35(15-3-1)45-41-20-8-9-21-42(41)46(40-23-11-17-33-13-5-7-19-39(33)40)43-29-28-36(30-44(43)45)31-24-26-34(27-25-31)38-22-10-16-32-12-4-6-18-37(32)38;1-2-13-35(14-3-1)45-41-18-8-9-19-42(41)46(38-26-23-31-11-4-5-15-36(31)29-38)43-28-27-37(30-44(43)45)32-21-24-34(25-22-32)40-20-10-16-33-12-6-7-17-39(33)40/h3-32H,1-2H3;2*1-30H. The molecule has 0 saturated carbocycles. The van der Waals surface area contributed by atoms with Crippen LogP contribution in [0.15, 0.2) is 546 Å². The molecule has 0 spiro atoms. The number of benzene rings is 27. The zero-order chi connectivity index (χ0) is 95.0. The third-order valence-corrected chi connectivity index (χ3v) is 30.2. The maximum Gasteiger partial charge on any atom is 0.0159 e. The van der Waals surface area contributed by atoms with E-state index >= 15 is 0 Å². The Morgan fingerprint density at radius 3 is 0.727 bits per heavy atom. The molecule has 143 heavy (non-hydrogen) atoms. The van der Waals surface area contributed by atoms with Gasteiger partial charge < -0.3 is 0 Å². The van der Waals surface area contributed by atoms with Crippen molar-refractivity contribution < 1.29 is 0 Å². The number of hydrogen-bond acceptors (Lipinski definition) is 0. The molecule has 0 fully saturated rings. The van der Waals surface area contributed by atoms with Crippen molar-refractivity contribution in [2.75, 3.05) is 0 Å². The van der Waals surface area contributed by atoms with Crippen molar-refractivity contribution in [2.45, 2.75) is 19.3 Å². The van der Waals surface area contributed by atoms with Crippen molar-refractivity contribution in [3.05, 3.63) is 557 Å². The molecule has 0 heterocycles. The lowest BCUT2D eigenvalue weighted by molar-refractivity contribution is 0.660. The number of hydrogen-bond donors (Lipinski definition) is 0. The van der Waals surface area contributed by atoms with Crippen molar-refractivity contribution in [2.24, 2.45) is 0 Å². The third-order valence-electron chi connectivity index (χ3n) is 30.2. The first kappa shape index (κ1) is 85.2. The maximum absolute atomic E-state index is 2.47. The minimum Gasteiger partial charge on any atom is -0.0622 e. The van der Waals surface area contributed by atoms with Crippen molar-refractivity contribution in [1.29, 1.82) is 0 Å². The summed E-state index contributed by atoms with van der Waals surface area (Å²) in [6, 6.07) is 200. The zero-order valence-corrected chi connectivity index (χ0v) is 79.5. The minimum absolute atomic E-state index is 0.0666. The molecule has 27 aromatic rings. The SMILES string of the molecule is CC1(C)c2ccccc2-c2ccc(-c3c4ccccc4c(-c4ccccc4)c4cc(-c5ccc(-c6cccc7ccccc67)cc5)ccc34)cc21.c1ccc(-c2c3ccccc3c(-c3ccc4ccccc4c3)c3ccc(-c4ccc(-c5cccc6ccccc56)cc4)cc23)cc1.c1ccc(-c2c3ccccc3c(-c3cccc4ccccc34)c3ccc(-c4ccc(-c5cccc6ccccc56)cc4)cc23)cc1. The molecule has 0 N–H and O–H groups in total. The first-order valence-electron chi connectivity index (χ1n) is 49.8. The summed E-state index contributed by atoms with van der Waals surface area (Å²) in [5.74, 6) is 0. The maximum atomic E-state index is 2.47. The average molecular weight is 1810 g/mol. The van der Waals surface area contributed by atoms with Gasteiger partial charge in [-0.25, -0.2) is 0 Å². The highest BCUT2D eigenvalue weighted by molar-refractivity contribution is 6.27. The van der Waals surface area contributed by atoms with Gasteiger partial charge in [-0.2, -0.15) is 0 Å². The summed E-state index contributed by atoms with van der Waals surface area (Å²) >= 11 is 0. The summed E-state index contributed by atoms with van der Waals surface area (Å²) in [6.45, 7) is 4.74. The Morgan fingerprint density at radius 1 is 0.105 bits per heavy atom. The van der Waals surface area contributed by atoms with E-state index in [0.717, 1.165) is 0 Å². The van der Waals surface area contributed by atoms with Gasteiger partial charge in [0.25, 0.3) is 0 Å². The summed E-state index contributed by atoms with van der Waals surface area (Å²) in [5, 5.41) is 28.0. The van der Waals surface area contributed by atoms with Crippen LogP contribution in [0.2, 0.25) is 0 Å². The molecule has 668 valence electrons. The minimum atomic E-state index is -0.0666. The van der Waals surface area contributed by atoms with Gasteiger partial charge in [0.2, 0.25) is 0 Å². The van der Waals surface area contributed by atoms with Crippen molar-refractivity contribution >= 4 is 118 Å². The fourth-order valence-electron chi connectivity index (χ4n) is 23.3. The van der Waals surface area contributed by atoms with Gasteiger partial charge in [-0.1, -0.05) is 529 Å². The highest BCUT2D eigenvalue weighted by atomic mass is 14.4. The van der Waals surface area contributed by atoms with E-state index in [0.29, 0.717) is 0 Å². The summed E-state index contributed by atoms with van der Waals surface area (Å²) in [4.78, 5) is 0. The van der Waals surface area contributed by atoms with Gasteiger partial charge in [-0.05, 0) is 305 Å². The van der Waals surface area contributed by atoms with E-state index in [1.807, 2.05) is 0 Å². The lowest BCUT2D eigenvalue weighted by atomic mass is 9.80. The monoisotopic (exact) mass is 1810 g/mol. The molecule has 0 atom stereocenters. The van der Waals surface area contributed by atoms with E-state index in [2.05, 4.69) is 560 Å². The normalized spacial score (nSPS) is 12.0. The highest BCUT2D eigenvalue weighted by Gasteiger charge is 2.36. The van der Waals surface area contributed by atoms with Crippen LogP contribution in [0, 0.1) is 0 Å². The van der Waals surface area contributed by atoms with Crippen LogP contribution in [0.3, 0.4) is 0 Å². The summed E-state index contributed by atoms with van der Waals surface area (Å²) < 4.78 is 0. The molecular formula is C143H96. The van der Waals surface area contributed by atoms with Gasteiger partial charge in [0.15, 0.2) is 0 Å². The van der Waals surface area contributed by atoms with Gasteiger partial charge in [0.1, 0.15) is 0 Å². The second kappa shape index (κ2) is 36.0. The Bertz CT molecular complexity index is 9660. The first-order valence-corrected chi connectivity index (χ1v) is 49.8. The van der Waals surface area contributed by atoms with Crippen LogP contribution < -0.4 is 0 Å². The van der Waals surface area contributed by atoms with E-state index in [4.69, 9.17) is 0 Å². The lowest BCUT2D eigenvalue weighted by Gasteiger charge is -2.23. The van der Waals surface area contributed by atoms with Crippen LogP contribution >= 0.6 is 0 Å².